The Kier molecular flexibility index (Phi) is 6.41. The van der Waals surface area contributed by atoms with E-state index in [1.165, 1.54) is 22.2 Å². The molecule has 7 heteroatoms. The van der Waals surface area contributed by atoms with E-state index in [9.17, 15) is 14.7 Å². The summed E-state index contributed by atoms with van der Waals surface area (Å²) in [6.07, 6.45) is -0.169. The summed E-state index contributed by atoms with van der Waals surface area (Å²) in [6.45, 7) is 8.69. The fourth-order valence-corrected chi connectivity index (χ4v) is 4.82. The first-order valence-electron chi connectivity index (χ1n) is 9.99. The van der Waals surface area contributed by atoms with Crippen LogP contribution in [-0.4, -0.2) is 46.3 Å². The van der Waals surface area contributed by atoms with Crippen LogP contribution in [0.4, 0.5) is 0 Å². The Labute approximate surface area is 176 Å². The first kappa shape index (κ1) is 21.9. The van der Waals surface area contributed by atoms with Gasteiger partial charge in [-0.1, -0.05) is 45.0 Å². The minimum Gasteiger partial charge on any atom is -0.456 e. The van der Waals surface area contributed by atoms with Crippen LogP contribution in [0.2, 0.25) is 0 Å². The molecule has 0 saturated carbocycles. The maximum Gasteiger partial charge on any atom is 0.356 e. The van der Waals surface area contributed by atoms with Gasteiger partial charge in [-0.05, 0) is 23.5 Å². The molecular formula is C22H30N2O4S. The molecule has 1 fully saturated rings. The number of β-lactam (4-membered cyclic amide) rings is 1. The number of aliphatic hydroxyl groups excluding tert-OH is 1. The van der Waals surface area contributed by atoms with Crippen molar-refractivity contribution in [3.63, 3.8) is 0 Å². The van der Waals surface area contributed by atoms with Gasteiger partial charge >= 0.3 is 5.97 Å². The Hall–Kier alpha value is -1.83. The Bertz CT molecular complexity index is 811. The normalized spacial score (nSPS) is 22.4. The van der Waals surface area contributed by atoms with Crippen LogP contribution < -0.4 is 5.73 Å². The van der Waals surface area contributed by atoms with E-state index in [0.717, 1.165) is 10.5 Å². The predicted molar refractivity (Wildman–Crippen MR) is 114 cm³/mol. The van der Waals surface area contributed by atoms with Crippen molar-refractivity contribution in [1.82, 2.24) is 4.90 Å². The minimum atomic E-state index is -0.735. The number of amides is 1. The summed E-state index contributed by atoms with van der Waals surface area (Å²) in [4.78, 5) is 27.7. The molecule has 0 radical (unpaired) electrons. The minimum absolute atomic E-state index is 0.0617. The molecule has 3 rings (SSSR count). The molecule has 2 heterocycles. The third kappa shape index (κ3) is 4.37. The first-order chi connectivity index (χ1) is 13.6. The van der Waals surface area contributed by atoms with E-state index in [0.29, 0.717) is 24.4 Å². The lowest BCUT2D eigenvalue weighted by molar-refractivity contribution is -0.162. The highest BCUT2D eigenvalue weighted by Gasteiger charge is 2.56. The van der Waals surface area contributed by atoms with Gasteiger partial charge in [-0.2, -0.15) is 0 Å². The predicted octanol–water partition coefficient (Wildman–Crippen LogP) is 2.54. The molecule has 0 aromatic heterocycles. The van der Waals surface area contributed by atoms with E-state index in [1.807, 2.05) is 24.3 Å². The maximum absolute atomic E-state index is 12.8. The van der Waals surface area contributed by atoms with Gasteiger partial charge in [-0.15, -0.1) is 11.8 Å². The molecule has 0 aliphatic carbocycles. The van der Waals surface area contributed by atoms with Crippen molar-refractivity contribution in [2.24, 2.45) is 11.7 Å². The standard InChI is InChI=1S/C22H30N2O4S/c1-13(25)18-16-11-17(29-10-9-23)19(24(16)20(18)26)21(27)28-12-14-5-7-15(8-6-14)22(2,3)4/h5-8,13,16,18,25H,9-12,23H2,1-4H3/t13-,16-,18-/m1/s1. The van der Waals surface area contributed by atoms with Gasteiger partial charge in [0.2, 0.25) is 5.91 Å². The number of carbonyl (C=O) groups excluding carboxylic acids is 2. The number of rotatable bonds is 7. The van der Waals surface area contributed by atoms with Crippen LogP contribution in [0.5, 0.6) is 0 Å². The topological polar surface area (TPSA) is 92.9 Å². The Morgan fingerprint density at radius 3 is 2.55 bits per heavy atom. The molecule has 1 aromatic carbocycles. The molecule has 0 unspecified atom stereocenters. The summed E-state index contributed by atoms with van der Waals surface area (Å²) in [5.41, 5.74) is 8.11. The fraction of sp³-hybridized carbons (Fsp3) is 0.545. The molecule has 29 heavy (non-hydrogen) atoms. The molecule has 2 aliphatic rings. The van der Waals surface area contributed by atoms with E-state index in [1.54, 1.807) is 6.92 Å². The third-order valence-electron chi connectivity index (χ3n) is 5.47. The SMILES string of the molecule is C[C@@H](O)[C@H]1C(=O)N2C(C(=O)OCc3ccc(C(C)(C)C)cc3)=C(SCCN)C[C@H]12. The second-order valence-corrected chi connectivity index (χ2v) is 9.87. The van der Waals surface area contributed by atoms with Crippen LogP contribution in [0, 0.1) is 5.92 Å². The van der Waals surface area contributed by atoms with Crippen molar-refractivity contribution < 1.29 is 19.4 Å². The van der Waals surface area contributed by atoms with Crippen molar-refractivity contribution in [1.29, 1.82) is 0 Å². The van der Waals surface area contributed by atoms with Gasteiger partial charge in [0.15, 0.2) is 0 Å². The molecular weight excluding hydrogens is 388 g/mol. The molecule has 0 spiro atoms. The van der Waals surface area contributed by atoms with Gasteiger partial charge in [0.05, 0.1) is 18.1 Å². The smallest absolute Gasteiger partial charge is 0.356 e. The lowest BCUT2D eigenvalue weighted by atomic mass is 9.83. The molecule has 2 aliphatic heterocycles. The van der Waals surface area contributed by atoms with Crippen molar-refractivity contribution in [2.45, 2.75) is 58.3 Å². The largest absolute Gasteiger partial charge is 0.456 e. The van der Waals surface area contributed by atoms with Crippen molar-refractivity contribution in [2.75, 3.05) is 12.3 Å². The van der Waals surface area contributed by atoms with Crippen molar-refractivity contribution in [3.05, 3.63) is 46.0 Å². The average Bonchev–Trinajstić information content (AvgIpc) is 2.97. The Morgan fingerprint density at radius 1 is 1.34 bits per heavy atom. The fourth-order valence-electron chi connectivity index (χ4n) is 3.85. The number of nitrogens with zero attached hydrogens (tertiary/aromatic N) is 1. The lowest BCUT2D eigenvalue weighted by Crippen LogP contribution is -2.61. The highest BCUT2D eigenvalue weighted by molar-refractivity contribution is 8.03. The van der Waals surface area contributed by atoms with Crippen LogP contribution in [0.15, 0.2) is 34.9 Å². The number of aliphatic hydroxyl groups is 1. The first-order valence-corrected chi connectivity index (χ1v) is 11.0. The van der Waals surface area contributed by atoms with Gasteiger partial charge in [0.25, 0.3) is 0 Å². The summed E-state index contributed by atoms with van der Waals surface area (Å²) in [7, 11) is 0. The number of esters is 1. The summed E-state index contributed by atoms with van der Waals surface area (Å²) in [5, 5.41) is 9.90. The Morgan fingerprint density at radius 2 is 2.00 bits per heavy atom. The maximum atomic E-state index is 12.8. The van der Waals surface area contributed by atoms with Crippen LogP contribution >= 0.6 is 11.8 Å². The number of fused-ring (bicyclic) bond motifs is 1. The molecule has 6 nitrogen and oxygen atoms in total. The number of thioether (sulfide) groups is 1. The van der Waals surface area contributed by atoms with Gasteiger partial charge in [-0.3, -0.25) is 4.79 Å². The molecule has 1 aromatic rings. The van der Waals surface area contributed by atoms with E-state index < -0.39 is 18.0 Å². The summed E-state index contributed by atoms with van der Waals surface area (Å²) < 4.78 is 5.55. The molecule has 1 amide bonds. The lowest BCUT2D eigenvalue weighted by Gasteiger charge is -2.44. The van der Waals surface area contributed by atoms with Gasteiger partial charge in [0.1, 0.15) is 12.3 Å². The number of carbonyl (C=O) groups is 2. The zero-order valence-electron chi connectivity index (χ0n) is 17.5. The van der Waals surface area contributed by atoms with Crippen LogP contribution in [-0.2, 0) is 26.3 Å². The van der Waals surface area contributed by atoms with E-state index in [4.69, 9.17) is 10.5 Å². The quantitative estimate of drug-likeness (QED) is 0.522. The van der Waals surface area contributed by atoms with E-state index in [2.05, 4.69) is 20.8 Å². The number of nitrogens with two attached hydrogens (primary N) is 1. The number of benzene rings is 1. The van der Waals surface area contributed by atoms with Gasteiger partial charge in [-0.25, -0.2) is 4.79 Å². The van der Waals surface area contributed by atoms with Gasteiger partial charge < -0.3 is 20.5 Å². The van der Waals surface area contributed by atoms with Gasteiger partial charge in [0, 0.05) is 23.6 Å². The van der Waals surface area contributed by atoms with E-state index >= 15 is 0 Å². The van der Waals surface area contributed by atoms with E-state index in [-0.39, 0.29) is 24.0 Å². The van der Waals surface area contributed by atoms with Crippen LogP contribution in [0.1, 0.15) is 45.2 Å². The molecule has 158 valence electrons. The number of hydrogen-bond acceptors (Lipinski definition) is 6. The molecule has 3 N–H and O–H groups in total. The second-order valence-electron chi connectivity index (χ2n) is 8.68. The zero-order chi connectivity index (χ0) is 21.3. The summed E-state index contributed by atoms with van der Waals surface area (Å²) >= 11 is 1.49. The van der Waals surface area contributed by atoms with Crippen LogP contribution in [0.3, 0.4) is 0 Å². The van der Waals surface area contributed by atoms with Crippen LogP contribution in [0.25, 0.3) is 0 Å². The third-order valence-corrected chi connectivity index (χ3v) is 6.61. The zero-order valence-corrected chi connectivity index (χ0v) is 18.3. The van der Waals surface area contributed by atoms with Crippen molar-refractivity contribution in [3.8, 4) is 0 Å². The highest BCUT2D eigenvalue weighted by Crippen LogP contribution is 2.47. The summed E-state index contributed by atoms with van der Waals surface area (Å²) in [6, 6.07) is 7.84. The van der Waals surface area contributed by atoms with Crippen molar-refractivity contribution >= 4 is 23.6 Å². The molecule has 1 saturated heterocycles. The summed E-state index contributed by atoms with van der Waals surface area (Å²) in [5.74, 6) is -0.507. The molecule has 0 bridgehead atoms. The number of ether oxygens (including phenoxy) is 1. The Balaban J connectivity index is 1.71. The monoisotopic (exact) mass is 418 g/mol. The number of hydrogen-bond donors (Lipinski definition) is 2. The highest BCUT2D eigenvalue weighted by atomic mass is 32.2. The second kappa shape index (κ2) is 8.50. The average molecular weight is 419 g/mol. The molecule has 3 atom stereocenters.